The third kappa shape index (κ3) is 4.77. The average Bonchev–Trinajstić information content (AvgIpc) is 2.40. The molecule has 19 heavy (non-hydrogen) atoms. The van der Waals surface area contributed by atoms with Gasteiger partial charge in [0.15, 0.2) is 0 Å². The summed E-state index contributed by atoms with van der Waals surface area (Å²) in [7, 11) is 0. The smallest absolute Gasteiger partial charge is 0.0462 e. The molecule has 3 heteroatoms. The fourth-order valence-corrected chi connectivity index (χ4v) is 3.72. The van der Waals surface area contributed by atoms with E-state index in [1.165, 1.54) is 44.1 Å². The van der Waals surface area contributed by atoms with E-state index in [-0.39, 0.29) is 0 Å². The van der Waals surface area contributed by atoms with E-state index in [4.69, 9.17) is 11.6 Å². The van der Waals surface area contributed by atoms with Crippen LogP contribution in [0.2, 0.25) is 5.02 Å². The fraction of sp³-hybridized carbons (Fsp3) is 0.625. The molecule has 1 nitrogen and oxygen atoms in total. The van der Waals surface area contributed by atoms with Crippen LogP contribution in [0.15, 0.2) is 22.7 Å². The SMILES string of the molecule is CCCC1CCC(NCc2ccc(Br)cc2Cl)CC1. The molecule has 1 aliphatic carbocycles. The molecule has 1 aromatic rings. The number of halogens is 2. The van der Waals surface area contributed by atoms with Crippen LogP contribution in [0.3, 0.4) is 0 Å². The van der Waals surface area contributed by atoms with Gasteiger partial charge in [-0.05, 0) is 49.3 Å². The first-order valence-corrected chi connectivity index (χ1v) is 8.53. The second-order valence-electron chi connectivity index (χ2n) is 5.62. The van der Waals surface area contributed by atoms with Crippen LogP contribution in [-0.2, 0) is 6.54 Å². The molecule has 1 saturated carbocycles. The largest absolute Gasteiger partial charge is 0.310 e. The van der Waals surface area contributed by atoms with Crippen molar-refractivity contribution in [2.45, 2.75) is 58.0 Å². The van der Waals surface area contributed by atoms with Gasteiger partial charge < -0.3 is 5.32 Å². The highest BCUT2D eigenvalue weighted by Crippen LogP contribution is 2.28. The quantitative estimate of drug-likeness (QED) is 0.738. The van der Waals surface area contributed by atoms with Crippen LogP contribution in [0.4, 0.5) is 0 Å². The van der Waals surface area contributed by atoms with Gasteiger partial charge in [-0.2, -0.15) is 0 Å². The first-order valence-electron chi connectivity index (χ1n) is 7.36. The normalized spacial score (nSPS) is 23.5. The van der Waals surface area contributed by atoms with Crippen LogP contribution in [-0.4, -0.2) is 6.04 Å². The van der Waals surface area contributed by atoms with E-state index < -0.39 is 0 Å². The summed E-state index contributed by atoms with van der Waals surface area (Å²) in [6, 6.07) is 6.80. The zero-order valence-corrected chi connectivity index (χ0v) is 13.9. The lowest BCUT2D eigenvalue weighted by molar-refractivity contribution is 0.277. The first kappa shape index (κ1) is 15.3. The van der Waals surface area contributed by atoms with Gasteiger partial charge in [0.2, 0.25) is 0 Å². The summed E-state index contributed by atoms with van der Waals surface area (Å²) in [5.74, 6) is 0.972. The van der Waals surface area contributed by atoms with Crippen LogP contribution >= 0.6 is 27.5 Å². The van der Waals surface area contributed by atoms with Gasteiger partial charge >= 0.3 is 0 Å². The summed E-state index contributed by atoms with van der Waals surface area (Å²) in [5, 5.41) is 4.51. The summed E-state index contributed by atoms with van der Waals surface area (Å²) in [6.07, 6.45) is 8.15. The van der Waals surface area contributed by atoms with E-state index in [1.807, 2.05) is 6.07 Å². The summed E-state index contributed by atoms with van der Waals surface area (Å²) < 4.78 is 1.04. The van der Waals surface area contributed by atoms with Crippen molar-refractivity contribution in [1.29, 1.82) is 0 Å². The molecule has 1 N–H and O–H groups in total. The van der Waals surface area contributed by atoms with Gasteiger partial charge in [0.05, 0.1) is 0 Å². The van der Waals surface area contributed by atoms with Crippen LogP contribution in [0, 0.1) is 5.92 Å². The molecule has 1 aromatic carbocycles. The monoisotopic (exact) mass is 343 g/mol. The molecule has 1 fully saturated rings. The molecule has 0 bridgehead atoms. The molecule has 0 saturated heterocycles. The average molecular weight is 345 g/mol. The zero-order chi connectivity index (χ0) is 13.7. The van der Waals surface area contributed by atoms with E-state index in [0.717, 1.165) is 22.0 Å². The molecular weight excluding hydrogens is 322 g/mol. The van der Waals surface area contributed by atoms with Gasteiger partial charge in [-0.3, -0.25) is 0 Å². The van der Waals surface area contributed by atoms with Crippen molar-refractivity contribution < 1.29 is 0 Å². The standard InChI is InChI=1S/C16H23BrClN/c1-2-3-12-4-8-15(9-5-12)19-11-13-6-7-14(17)10-16(13)18/h6-7,10,12,15,19H,2-5,8-9,11H2,1H3. The van der Waals surface area contributed by atoms with E-state index >= 15 is 0 Å². The summed E-state index contributed by atoms with van der Waals surface area (Å²) in [6.45, 7) is 3.18. The van der Waals surface area contributed by atoms with Crippen molar-refractivity contribution in [2.24, 2.45) is 5.92 Å². The Morgan fingerprint density at radius 1 is 1.26 bits per heavy atom. The molecule has 0 spiro atoms. The zero-order valence-electron chi connectivity index (χ0n) is 11.6. The lowest BCUT2D eigenvalue weighted by atomic mass is 9.83. The number of benzene rings is 1. The first-order chi connectivity index (χ1) is 9.19. The van der Waals surface area contributed by atoms with Gasteiger partial charge in [0.1, 0.15) is 0 Å². The molecule has 106 valence electrons. The summed E-state index contributed by atoms with van der Waals surface area (Å²) in [4.78, 5) is 0. The molecule has 0 radical (unpaired) electrons. The van der Waals surface area contributed by atoms with E-state index in [9.17, 15) is 0 Å². The predicted octanol–water partition coefficient (Wildman–Crippen LogP) is 5.55. The van der Waals surface area contributed by atoms with Crippen molar-refractivity contribution in [2.75, 3.05) is 0 Å². The minimum absolute atomic E-state index is 0.674. The van der Waals surface area contributed by atoms with Crippen LogP contribution < -0.4 is 5.32 Å². The lowest BCUT2D eigenvalue weighted by Crippen LogP contribution is -2.32. The third-order valence-corrected chi connectivity index (χ3v) is 4.99. The second kappa shape index (κ2) is 7.66. The highest BCUT2D eigenvalue weighted by molar-refractivity contribution is 9.10. The Bertz CT molecular complexity index is 400. The summed E-state index contributed by atoms with van der Waals surface area (Å²) >= 11 is 9.68. The van der Waals surface area contributed by atoms with Crippen LogP contribution in [0.25, 0.3) is 0 Å². The van der Waals surface area contributed by atoms with Crippen LogP contribution in [0.5, 0.6) is 0 Å². The molecule has 0 amide bonds. The van der Waals surface area contributed by atoms with Gasteiger partial charge in [-0.15, -0.1) is 0 Å². The minimum atomic E-state index is 0.674. The minimum Gasteiger partial charge on any atom is -0.310 e. The van der Waals surface area contributed by atoms with Crippen molar-refractivity contribution in [3.63, 3.8) is 0 Å². The maximum Gasteiger partial charge on any atom is 0.0462 e. The van der Waals surface area contributed by atoms with Crippen molar-refractivity contribution in [3.8, 4) is 0 Å². The summed E-state index contributed by atoms with van der Waals surface area (Å²) in [5.41, 5.74) is 1.19. The number of rotatable bonds is 5. The highest BCUT2D eigenvalue weighted by Gasteiger charge is 2.20. The number of nitrogens with one attached hydrogen (secondary N) is 1. The van der Waals surface area contributed by atoms with E-state index in [0.29, 0.717) is 6.04 Å². The molecular formula is C16H23BrClN. The molecule has 0 unspecified atom stereocenters. The van der Waals surface area contributed by atoms with Gasteiger partial charge in [-0.1, -0.05) is 53.4 Å². The molecule has 0 heterocycles. The fourth-order valence-electron chi connectivity index (χ4n) is 2.98. The molecule has 1 aliphatic rings. The van der Waals surface area contributed by atoms with E-state index in [1.54, 1.807) is 0 Å². The number of hydrogen-bond donors (Lipinski definition) is 1. The molecule has 0 aliphatic heterocycles. The van der Waals surface area contributed by atoms with E-state index in [2.05, 4.69) is 40.3 Å². The Morgan fingerprint density at radius 3 is 2.63 bits per heavy atom. The molecule has 2 rings (SSSR count). The maximum atomic E-state index is 6.24. The van der Waals surface area contributed by atoms with Crippen molar-refractivity contribution in [1.82, 2.24) is 5.32 Å². The van der Waals surface area contributed by atoms with Crippen molar-refractivity contribution in [3.05, 3.63) is 33.3 Å². The Morgan fingerprint density at radius 2 is 2.00 bits per heavy atom. The predicted molar refractivity (Wildman–Crippen MR) is 86.6 cm³/mol. The Labute approximate surface area is 130 Å². The van der Waals surface area contributed by atoms with Gasteiger partial charge in [0.25, 0.3) is 0 Å². The molecule has 0 atom stereocenters. The van der Waals surface area contributed by atoms with Crippen molar-refractivity contribution >= 4 is 27.5 Å². The Balaban J connectivity index is 1.77. The van der Waals surface area contributed by atoms with Crippen LogP contribution in [0.1, 0.15) is 51.0 Å². The lowest BCUT2D eigenvalue weighted by Gasteiger charge is -2.29. The highest BCUT2D eigenvalue weighted by atomic mass is 79.9. The maximum absolute atomic E-state index is 6.24. The van der Waals surface area contributed by atoms with Gasteiger partial charge in [0, 0.05) is 22.1 Å². The topological polar surface area (TPSA) is 12.0 Å². The Kier molecular flexibility index (Phi) is 6.18. The Hall–Kier alpha value is -0.0500. The number of hydrogen-bond acceptors (Lipinski definition) is 1. The van der Waals surface area contributed by atoms with Gasteiger partial charge in [-0.25, -0.2) is 0 Å². The third-order valence-electron chi connectivity index (χ3n) is 4.14. The second-order valence-corrected chi connectivity index (χ2v) is 6.95. The molecule has 0 aromatic heterocycles.